The number of halogens is 1. The van der Waals surface area contributed by atoms with Crippen LogP contribution in [-0.4, -0.2) is 25.2 Å². The van der Waals surface area contributed by atoms with Crippen molar-refractivity contribution in [3.05, 3.63) is 58.7 Å². The molecule has 0 unspecified atom stereocenters. The van der Waals surface area contributed by atoms with Crippen LogP contribution in [0.1, 0.15) is 18.1 Å². The van der Waals surface area contributed by atoms with Gasteiger partial charge in [-0.15, -0.1) is 0 Å². The van der Waals surface area contributed by atoms with Crippen molar-refractivity contribution in [3.8, 4) is 11.5 Å². The number of hydrogen-bond donors (Lipinski definition) is 2. The minimum Gasteiger partial charge on any atom is -0.493 e. The van der Waals surface area contributed by atoms with Crippen LogP contribution in [0.3, 0.4) is 0 Å². The van der Waals surface area contributed by atoms with Crippen LogP contribution in [-0.2, 0) is 13.0 Å². The summed E-state index contributed by atoms with van der Waals surface area (Å²) in [6, 6.07) is 12.1. The number of ether oxygens (including phenoxy) is 2. The van der Waals surface area contributed by atoms with Gasteiger partial charge in [-0.3, -0.25) is 0 Å². The first-order valence-corrected chi connectivity index (χ1v) is 8.85. The van der Waals surface area contributed by atoms with Gasteiger partial charge in [0.2, 0.25) is 0 Å². The van der Waals surface area contributed by atoms with Crippen LogP contribution in [0.15, 0.2) is 42.6 Å². The smallest absolute Gasteiger partial charge is 0.165 e. The fourth-order valence-corrected chi connectivity index (χ4v) is 3.23. The molecule has 2 aromatic carbocycles. The normalized spacial score (nSPS) is 11.0. The molecule has 25 heavy (non-hydrogen) atoms. The highest BCUT2D eigenvalue weighted by molar-refractivity contribution is 6.30. The maximum Gasteiger partial charge on any atom is 0.165 e. The third-order valence-corrected chi connectivity index (χ3v) is 4.38. The number of rotatable bonds is 8. The summed E-state index contributed by atoms with van der Waals surface area (Å²) in [5.74, 6) is 1.43. The van der Waals surface area contributed by atoms with E-state index in [-0.39, 0.29) is 0 Å². The van der Waals surface area contributed by atoms with Gasteiger partial charge in [-0.05, 0) is 37.6 Å². The van der Waals surface area contributed by atoms with E-state index in [9.17, 15) is 0 Å². The molecule has 0 aliphatic carbocycles. The molecule has 2 N–H and O–H groups in total. The summed E-state index contributed by atoms with van der Waals surface area (Å²) in [7, 11) is 1.63. The van der Waals surface area contributed by atoms with Crippen molar-refractivity contribution in [1.29, 1.82) is 0 Å². The first-order chi connectivity index (χ1) is 12.2. The monoisotopic (exact) mass is 358 g/mol. The molecule has 0 aliphatic rings. The Morgan fingerprint density at radius 2 is 2.00 bits per heavy atom. The number of hydrogen-bond acceptors (Lipinski definition) is 3. The highest BCUT2D eigenvalue weighted by atomic mass is 35.5. The Balaban J connectivity index is 1.64. The van der Waals surface area contributed by atoms with Crippen molar-refractivity contribution < 1.29 is 9.47 Å². The molecule has 0 atom stereocenters. The standard InChI is InChI=1S/C20H23ClN2O2/c1-3-25-20-15(10-16(21)11-19(20)24-2)12-22-9-8-14-13-23-18-7-5-4-6-17(14)18/h4-7,10-11,13,22-23H,3,8-9,12H2,1-2H3. The van der Waals surface area contributed by atoms with E-state index in [1.54, 1.807) is 13.2 Å². The van der Waals surface area contributed by atoms with Gasteiger partial charge in [0.25, 0.3) is 0 Å². The van der Waals surface area contributed by atoms with E-state index in [4.69, 9.17) is 21.1 Å². The quantitative estimate of drug-likeness (QED) is 0.580. The van der Waals surface area contributed by atoms with Gasteiger partial charge in [0, 0.05) is 40.3 Å². The Labute approximate surface area is 153 Å². The zero-order valence-corrected chi connectivity index (χ0v) is 15.3. The largest absolute Gasteiger partial charge is 0.493 e. The molecule has 132 valence electrons. The van der Waals surface area contributed by atoms with E-state index in [1.165, 1.54) is 16.5 Å². The van der Waals surface area contributed by atoms with Crippen molar-refractivity contribution in [2.24, 2.45) is 0 Å². The zero-order chi connectivity index (χ0) is 17.6. The molecule has 0 spiro atoms. The molecule has 5 heteroatoms. The second kappa shape index (κ2) is 8.28. The molecule has 4 nitrogen and oxygen atoms in total. The number of methoxy groups -OCH3 is 1. The van der Waals surface area contributed by atoms with Gasteiger partial charge in [-0.1, -0.05) is 29.8 Å². The number of para-hydroxylation sites is 1. The number of benzene rings is 2. The molecule has 0 bridgehead atoms. The highest BCUT2D eigenvalue weighted by Crippen LogP contribution is 2.34. The molecular weight excluding hydrogens is 336 g/mol. The van der Waals surface area contributed by atoms with E-state index in [0.29, 0.717) is 23.9 Å². The second-order valence-corrected chi connectivity index (χ2v) is 6.25. The lowest BCUT2D eigenvalue weighted by molar-refractivity contribution is 0.307. The van der Waals surface area contributed by atoms with Gasteiger partial charge in [0.1, 0.15) is 0 Å². The van der Waals surface area contributed by atoms with Crippen molar-refractivity contribution in [2.75, 3.05) is 20.3 Å². The predicted octanol–water partition coefficient (Wildman–Crippen LogP) is 4.56. The van der Waals surface area contributed by atoms with Gasteiger partial charge >= 0.3 is 0 Å². The van der Waals surface area contributed by atoms with Gasteiger partial charge in [-0.25, -0.2) is 0 Å². The average Bonchev–Trinajstić information content (AvgIpc) is 3.03. The summed E-state index contributed by atoms with van der Waals surface area (Å²) in [6.07, 6.45) is 3.03. The number of H-pyrrole nitrogens is 1. The molecule has 3 aromatic rings. The molecule has 3 rings (SSSR count). The van der Waals surface area contributed by atoms with Gasteiger partial charge in [-0.2, -0.15) is 0 Å². The predicted molar refractivity (Wildman–Crippen MR) is 103 cm³/mol. The molecule has 1 heterocycles. The molecule has 0 amide bonds. The van der Waals surface area contributed by atoms with Gasteiger partial charge in [0.05, 0.1) is 13.7 Å². The lowest BCUT2D eigenvalue weighted by Gasteiger charge is -2.15. The topological polar surface area (TPSA) is 46.3 Å². The van der Waals surface area contributed by atoms with Crippen molar-refractivity contribution in [2.45, 2.75) is 19.9 Å². The molecule has 0 saturated heterocycles. The lowest BCUT2D eigenvalue weighted by Crippen LogP contribution is -2.17. The summed E-state index contributed by atoms with van der Waals surface area (Å²) < 4.78 is 11.1. The van der Waals surface area contributed by atoms with Crippen molar-refractivity contribution in [3.63, 3.8) is 0 Å². The summed E-state index contributed by atoms with van der Waals surface area (Å²) >= 11 is 6.19. The average molecular weight is 359 g/mol. The van der Waals surface area contributed by atoms with Crippen LogP contribution in [0.25, 0.3) is 10.9 Å². The van der Waals surface area contributed by atoms with Crippen LogP contribution in [0, 0.1) is 0 Å². The Morgan fingerprint density at radius 3 is 2.80 bits per heavy atom. The number of fused-ring (bicyclic) bond motifs is 1. The van der Waals surface area contributed by atoms with Crippen LogP contribution in [0.2, 0.25) is 5.02 Å². The molecule has 0 aliphatic heterocycles. The van der Waals surface area contributed by atoms with Crippen LogP contribution in [0.5, 0.6) is 11.5 Å². The maximum absolute atomic E-state index is 6.19. The van der Waals surface area contributed by atoms with E-state index in [1.807, 2.05) is 19.1 Å². The van der Waals surface area contributed by atoms with Crippen LogP contribution >= 0.6 is 11.6 Å². The highest BCUT2D eigenvalue weighted by Gasteiger charge is 2.12. The number of aromatic amines is 1. The lowest BCUT2D eigenvalue weighted by atomic mass is 10.1. The Hall–Kier alpha value is -2.17. The minimum atomic E-state index is 0.584. The first-order valence-electron chi connectivity index (χ1n) is 8.47. The third-order valence-electron chi connectivity index (χ3n) is 4.17. The summed E-state index contributed by atoms with van der Waals surface area (Å²) in [5, 5.41) is 5.40. The van der Waals surface area contributed by atoms with E-state index in [2.05, 4.69) is 34.7 Å². The van der Waals surface area contributed by atoms with E-state index >= 15 is 0 Å². The maximum atomic E-state index is 6.19. The minimum absolute atomic E-state index is 0.584. The van der Waals surface area contributed by atoms with Crippen LogP contribution < -0.4 is 14.8 Å². The molecule has 0 radical (unpaired) electrons. The molecule has 0 fully saturated rings. The van der Waals surface area contributed by atoms with Crippen LogP contribution in [0.4, 0.5) is 0 Å². The fraction of sp³-hybridized carbons (Fsp3) is 0.300. The fourth-order valence-electron chi connectivity index (χ4n) is 3.00. The molecule has 0 saturated carbocycles. The van der Waals surface area contributed by atoms with Crippen molar-refractivity contribution >= 4 is 22.5 Å². The zero-order valence-electron chi connectivity index (χ0n) is 14.6. The summed E-state index contributed by atoms with van der Waals surface area (Å²) in [4.78, 5) is 3.31. The molecule has 1 aromatic heterocycles. The molecular formula is C20H23ClN2O2. The van der Waals surface area contributed by atoms with E-state index in [0.717, 1.165) is 24.3 Å². The SMILES string of the molecule is CCOc1c(CNCCc2c[nH]c3ccccc23)cc(Cl)cc1OC. The first kappa shape index (κ1) is 17.6. The van der Waals surface area contributed by atoms with Crippen molar-refractivity contribution in [1.82, 2.24) is 10.3 Å². The van der Waals surface area contributed by atoms with E-state index < -0.39 is 0 Å². The Kier molecular flexibility index (Phi) is 5.84. The van der Waals surface area contributed by atoms with Gasteiger partial charge in [0.15, 0.2) is 11.5 Å². The summed E-state index contributed by atoms with van der Waals surface area (Å²) in [6.45, 7) is 4.08. The third kappa shape index (κ3) is 4.09. The Morgan fingerprint density at radius 1 is 1.16 bits per heavy atom. The number of nitrogens with one attached hydrogen (secondary N) is 2. The summed E-state index contributed by atoms with van der Waals surface area (Å²) in [5.41, 5.74) is 3.50. The second-order valence-electron chi connectivity index (χ2n) is 5.82. The van der Waals surface area contributed by atoms with Gasteiger partial charge < -0.3 is 19.8 Å². The Bertz CT molecular complexity index is 845. The number of aromatic nitrogens is 1.